The molecule has 1 aliphatic heterocycles. The van der Waals surface area contributed by atoms with E-state index in [0.717, 1.165) is 35.4 Å². The molecule has 1 saturated carbocycles. The first kappa shape index (κ1) is 17.0. The van der Waals surface area contributed by atoms with Crippen LogP contribution in [-0.2, 0) is 12.8 Å². The summed E-state index contributed by atoms with van der Waals surface area (Å²) in [6.45, 7) is 2.32. The topological polar surface area (TPSA) is 51.2 Å². The second-order valence-electron chi connectivity index (χ2n) is 7.26. The highest BCUT2D eigenvalue weighted by Gasteiger charge is 2.24. The minimum atomic E-state index is -0.215. The van der Waals surface area contributed by atoms with E-state index in [9.17, 15) is 9.18 Å². The van der Waals surface area contributed by atoms with E-state index in [1.165, 1.54) is 12.8 Å². The SMILES string of the molecule is Cc1ccc(Cc2cc(C(=O)NC3CCCC3)nc3c2OCC3)cc1F. The number of carbonyl (C=O) groups is 1. The summed E-state index contributed by atoms with van der Waals surface area (Å²) in [6.07, 6.45) is 5.63. The molecule has 0 spiro atoms. The Morgan fingerprint density at radius 1 is 1.31 bits per heavy atom. The van der Waals surface area contributed by atoms with Crippen LogP contribution in [0.4, 0.5) is 4.39 Å². The predicted molar refractivity (Wildman–Crippen MR) is 97.1 cm³/mol. The molecule has 136 valence electrons. The van der Waals surface area contributed by atoms with Gasteiger partial charge in [-0.15, -0.1) is 0 Å². The van der Waals surface area contributed by atoms with E-state index in [0.29, 0.717) is 30.7 Å². The molecule has 2 heterocycles. The lowest BCUT2D eigenvalue weighted by molar-refractivity contribution is 0.0932. The number of nitrogens with one attached hydrogen (secondary N) is 1. The van der Waals surface area contributed by atoms with Gasteiger partial charge < -0.3 is 10.1 Å². The van der Waals surface area contributed by atoms with Crippen molar-refractivity contribution in [1.82, 2.24) is 10.3 Å². The normalized spacial score (nSPS) is 16.4. The summed E-state index contributed by atoms with van der Waals surface area (Å²) < 4.78 is 19.6. The number of fused-ring (bicyclic) bond motifs is 1. The standard InChI is InChI=1S/C21H23FN2O2/c1-13-6-7-14(11-17(13)22)10-15-12-19(24-18-8-9-26-20(15)18)21(25)23-16-4-2-3-5-16/h6-7,11-12,16H,2-5,8-10H2,1H3,(H,23,25). The molecule has 4 nitrogen and oxygen atoms in total. The maximum Gasteiger partial charge on any atom is 0.270 e. The minimum Gasteiger partial charge on any atom is -0.491 e. The summed E-state index contributed by atoms with van der Waals surface area (Å²) in [5.74, 6) is 0.416. The van der Waals surface area contributed by atoms with Gasteiger partial charge in [0, 0.05) is 24.4 Å². The third-order valence-electron chi connectivity index (χ3n) is 5.26. The zero-order valence-corrected chi connectivity index (χ0v) is 15.0. The highest BCUT2D eigenvalue weighted by Crippen LogP contribution is 2.31. The Labute approximate surface area is 152 Å². The molecule has 2 aromatic rings. The van der Waals surface area contributed by atoms with Crippen molar-refractivity contribution in [2.24, 2.45) is 0 Å². The number of nitrogens with zero attached hydrogens (tertiary/aromatic N) is 1. The molecule has 26 heavy (non-hydrogen) atoms. The number of ether oxygens (including phenoxy) is 1. The van der Waals surface area contributed by atoms with Crippen molar-refractivity contribution in [3.8, 4) is 5.75 Å². The van der Waals surface area contributed by atoms with Crippen LogP contribution in [0.15, 0.2) is 24.3 Å². The van der Waals surface area contributed by atoms with Crippen molar-refractivity contribution < 1.29 is 13.9 Å². The van der Waals surface area contributed by atoms with E-state index in [4.69, 9.17) is 4.74 Å². The van der Waals surface area contributed by atoms with Gasteiger partial charge >= 0.3 is 0 Å². The Kier molecular flexibility index (Phi) is 4.62. The van der Waals surface area contributed by atoms with Gasteiger partial charge in [0.2, 0.25) is 0 Å². The molecule has 0 atom stereocenters. The van der Waals surface area contributed by atoms with Crippen LogP contribution in [0.25, 0.3) is 0 Å². The maximum absolute atomic E-state index is 13.9. The number of aromatic nitrogens is 1. The van der Waals surface area contributed by atoms with Gasteiger partial charge in [0.1, 0.15) is 17.3 Å². The Morgan fingerprint density at radius 3 is 2.88 bits per heavy atom. The number of hydrogen-bond acceptors (Lipinski definition) is 3. The van der Waals surface area contributed by atoms with E-state index in [2.05, 4.69) is 10.3 Å². The van der Waals surface area contributed by atoms with Gasteiger partial charge in [-0.1, -0.05) is 25.0 Å². The van der Waals surface area contributed by atoms with Crippen molar-refractivity contribution in [3.63, 3.8) is 0 Å². The smallest absolute Gasteiger partial charge is 0.270 e. The third-order valence-corrected chi connectivity index (χ3v) is 5.26. The molecular weight excluding hydrogens is 331 g/mol. The summed E-state index contributed by atoms with van der Waals surface area (Å²) in [7, 11) is 0. The second kappa shape index (κ2) is 7.06. The van der Waals surface area contributed by atoms with E-state index < -0.39 is 0 Å². The first-order valence-corrected chi connectivity index (χ1v) is 9.31. The molecule has 1 fully saturated rings. The highest BCUT2D eigenvalue weighted by atomic mass is 19.1. The molecule has 4 rings (SSSR count). The third kappa shape index (κ3) is 3.43. The number of benzene rings is 1. The molecule has 0 bridgehead atoms. The van der Waals surface area contributed by atoms with E-state index in [-0.39, 0.29) is 17.8 Å². The molecule has 1 N–H and O–H groups in total. The molecule has 1 amide bonds. The number of pyridine rings is 1. The zero-order chi connectivity index (χ0) is 18.1. The molecule has 1 aromatic heterocycles. The van der Waals surface area contributed by atoms with Gasteiger partial charge in [-0.05, 0) is 43.0 Å². The summed E-state index contributed by atoms with van der Waals surface area (Å²) in [4.78, 5) is 17.1. The molecule has 0 saturated heterocycles. The van der Waals surface area contributed by atoms with Crippen molar-refractivity contribution >= 4 is 5.91 Å². The summed E-state index contributed by atoms with van der Waals surface area (Å²) in [5, 5.41) is 3.09. The molecule has 5 heteroatoms. The lowest BCUT2D eigenvalue weighted by Gasteiger charge is -2.14. The largest absolute Gasteiger partial charge is 0.491 e. The lowest BCUT2D eigenvalue weighted by Crippen LogP contribution is -2.33. The fraction of sp³-hybridized carbons (Fsp3) is 0.429. The van der Waals surface area contributed by atoms with Crippen LogP contribution >= 0.6 is 0 Å². The summed E-state index contributed by atoms with van der Waals surface area (Å²) in [5.41, 5.74) is 3.64. The van der Waals surface area contributed by atoms with Gasteiger partial charge in [0.25, 0.3) is 5.91 Å². The van der Waals surface area contributed by atoms with Crippen molar-refractivity contribution in [1.29, 1.82) is 0 Å². The average molecular weight is 354 g/mol. The van der Waals surface area contributed by atoms with Gasteiger partial charge in [-0.25, -0.2) is 9.37 Å². The van der Waals surface area contributed by atoms with E-state index >= 15 is 0 Å². The van der Waals surface area contributed by atoms with Gasteiger partial charge in [-0.3, -0.25) is 4.79 Å². The molecule has 0 radical (unpaired) electrons. The van der Waals surface area contributed by atoms with Crippen molar-refractivity contribution in [2.45, 2.75) is 51.5 Å². The summed E-state index contributed by atoms with van der Waals surface area (Å²) in [6, 6.07) is 7.30. The monoisotopic (exact) mass is 354 g/mol. The van der Waals surface area contributed by atoms with Gasteiger partial charge in [0.15, 0.2) is 0 Å². The zero-order valence-electron chi connectivity index (χ0n) is 15.0. The van der Waals surface area contributed by atoms with Crippen molar-refractivity contribution in [3.05, 3.63) is 58.2 Å². The minimum absolute atomic E-state index is 0.122. The summed E-state index contributed by atoms with van der Waals surface area (Å²) >= 11 is 0. The molecule has 1 aliphatic carbocycles. The fourth-order valence-electron chi connectivity index (χ4n) is 3.78. The predicted octanol–water partition coefficient (Wildman–Crippen LogP) is 3.73. The van der Waals surface area contributed by atoms with Crippen LogP contribution in [0, 0.1) is 12.7 Å². The van der Waals surface area contributed by atoms with Crippen LogP contribution < -0.4 is 10.1 Å². The van der Waals surface area contributed by atoms with E-state index in [1.54, 1.807) is 25.1 Å². The van der Waals surface area contributed by atoms with Crippen LogP contribution in [0.3, 0.4) is 0 Å². The van der Waals surface area contributed by atoms with Gasteiger partial charge in [-0.2, -0.15) is 0 Å². The Bertz CT molecular complexity index is 844. The number of carbonyl (C=O) groups excluding carboxylic acids is 1. The second-order valence-corrected chi connectivity index (χ2v) is 7.26. The molecule has 0 unspecified atom stereocenters. The quantitative estimate of drug-likeness (QED) is 0.910. The van der Waals surface area contributed by atoms with Crippen LogP contribution in [0.1, 0.15) is 58.6 Å². The Morgan fingerprint density at radius 2 is 2.12 bits per heavy atom. The number of halogens is 1. The number of hydrogen-bond donors (Lipinski definition) is 1. The first-order valence-electron chi connectivity index (χ1n) is 9.31. The number of amides is 1. The molecule has 1 aromatic carbocycles. The van der Waals surface area contributed by atoms with Gasteiger partial charge in [0.05, 0.1) is 12.3 Å². The number of rotatable bonds is 4. The lowest BCUT2D eigenvalue weighted by atomic mass is 10.0. The fourth-order valence-corrected chi connectivity index (χ4v) is 3.78. The Balaban J connectivity index is 1.62. The highest BCUT2D eigenvalue weighted by molar-refractivity contribution is 5.93. The van der Waals surface area contributed by atoms with Crippen LogP contribution in [-0.4, -0.2) is 23.5 Å². The first-order chi connectivity index (χ1) is 12.6. The number of aryl methyl sites for hydroxylation is 1. The average Bonchev–Trinajstić information content (AvgIpc) is 3.29. The maximum atomic E-state index is 13.9. The molecular formula is C21H23FN2O2. The van der Waals surface area contributed by atoms with E-state index in [1.807, 2.05) is 6.07 Å². The van der Waals surface area contributed by atoms with Crippen molar-refractivity contribution in [2.75, 3.05) is 6.61 Å². The molecule has 2 aliphatic rings. The van der Waals surface area contributed by atoms with Crippen LogP contribution in [0.2, 0.25) is 0 Å². The Hall–Kier alpha value is -2.43. The van der Waals surface area contributed by atoms with Crippen LogP contribution in [0.5, 0.6) is 5.75 Å².